The highest BCUT2D eigenvalue weighted by Gasteiger charge is 2.38. The minimum absolute atomic E-state index is 0.0872. The Kier molecular flexibility index (Phi) is 5.92. The smallest absolute Gasteiger partial charge is 0.256 e. The Morgan fingerprint density at radius 3 is 2.68 bits per heavy atom. The molecule has 14 heteroatoms. The Balaban J connectivity index is 2.01. The third-order valence-electron chi connectivity index (χ3n) is 5.54. The van der Waals surface area contributed by atoms with Crippen LogP contribution in [0.2, 0.25) is 5.11 Å². The quantitative estimate of drug-likeness (QED) is 0.553. The van der Waals surface area contributed by atoms with Gasteiger partial charge in [0.25, 0.3) is 5.91 Å². The average molecular weight is 443 g/mol. The highest BCUT2D eigenvalue weighted by molar-refractivity contribution is 6.67. The van der Waals surface area contributed by atoms with Crippen LogP contribution in [0, 0.1) is 17.1 Å². The summed E-state index contributed by atoms with van der Waals surface area (Å²) < 4.78 is 21.9. The first kappa shape index (κ1) is 23.8. The second kappa shape index (κ2) is 8.46. The molecule has 1 aliphatic heterocycles. The SMILES string of the molecule is [B]C([B])([B])C([B])([B])N1Cc2c(ccc(F)c2C#N)O[C@@H](C)CNC(=O)c2cnn3ccc1nc23. The Hall–Kier alpha value is -3.35. The van der Waals surface area contributed by atoms with E-state index in [0.29, 0.717) is 0 Å². The molecule has 1 aromatic carbocycles. The van der Waals surface area contributed by atoms with Gasteiger partial charge >= 0.3 is 0 Å². The Morgan fingerprint density at radius 1 is 1.26 bits per heavy atom. The van der Waals surface area contributed by atoms with Gasteiger partial charge in [0.2, 0.25) is 0 Å². The first-order valence-corrected chi connectivity index (χ1v) is 10.2. The van der Waals surface area contributed by atoms with Crippen molar-refractivity contribution in [2.45, 2.75) is 30.0 Å². The van der Waals surface area contributed by atoms with Gasteiger partial charge in [-0.2, -0.15) is 10.4 Å². The second-order valence-electron chi connectivity index (χ2n) is 8.11. The van der Waals surface area contributed by atoms with E-state index in [1.54, 1.807) is 6.92 Å². The molecule has 2 bridgehead atoms. The van der Waals surface area contributed by atoms with Gasteiger partial charge in [-0.05, 0) is 25.1 Å². The fraction of sp³-hybridized carbons (Fsp3) is 0.300. The van der Waals surface area contributed by atoms with E-state index in [2.05, 4.69) is 15.4 Å². The van der Waals surface area contributed by atoms with Crippen LogP contribution in [0.15, 0.2) is 30.6 Å². The molecule has 4 rings (SSSR count). The number of benzene rings is 1. The Morgan fingerprint density at radius 2 is 2.00 bits per heavy atom. The van der Waals surface area contributed by atoms with Crippen molar-refractivity contribution in [3.05, 3.63) is 53.1 Å². The molecule has 0 spiro atoms. The molecule has 0 fully saturated rings. The summed E-state index contributed by atoms with van der Waals surface area (Å²) in [7, 11) is 30.3. The third-order valence-corrected chi connectivity index (χ3v) is 5.54. The van der Waals surface area contributed by atoms with E-state index in [-0.39, 0.29) is 47.0 Å². The van der Waals surface area contributed by atoms with Gasteiger partial charge in [0.1, 0.15) is 35.1 Å². The summed E-state index contributed by atoms with van der Waals surface area (Å²) >= 11 is 0. The minimum atomic E-state index is -2.18. The average Bonchev–Trinajstić information content (AvgIpc) is 3.19. The molecule has 0 saturated carbocycles. The maximum Gasteiger partial charge on any atom is 0.256 e. The molecule has 3 aromatic rings. The van der Waals surface area contributed by atoms with Gasteiger partial charge in [-0.15, -0.1) is 5.11 Å². The van der Waals surface area contributed by atoms with Crippen molar-refractivity contribution >= 4 is 56.6 Å². The van der Waals surface area contributed by atoms with Gasteiger partial charge in [-0.3, -0.25) is 4.79 Å². The van der Waals surface area contributed by atoms with E-state index in [1.807, 2.05) is 6.07 Å². The zero-order valence-corrected chi connectivity index (χ0v) is 18.2. The topological polar surface area (TPSA) is 95.6 Å². The number of carbonyl (C=O) groups excluding carboxylic acids is 1. The normalized spacial score (nSPS) is 17.0. The van der Waals surface area contributed by atoms with Crippen LogP contribution in [0.5, 0.6) is 5.75 Å². The molecule has 3 heterocycles. The van der Waals surface area contributed by atoms with Crippen molar-refractivity contribution < 1.29 is 13.9 Å². The van der Waals surface area contributed by atoms with Crippen LogP contribution < -0.4 is 15.0 Å². The number of carbonyl (C=O) groups is 1. The number of halogens is 1. The molecule has 0 unspecified atom stereocenters. The number of nitrogens with one attached hydrogen (secondary N) is 1. The molecular formula is C20H14B5FN6O2. The lowest BCUT2D eigenvalue weighted by Crippen LogP contribution is -2.59. The van der Waals surface area contributed by atoms with E-state index in [9.17, 15) is 14.4 Å². The standard InChI is InChI=1S/C20H14B5FN6O2/c1-10-7-28-18(33)12-8-29-32-5-4-16(30-17(12)32)31(20(24,25)19(21,22)23)9-13-11(6-27)14(26)2-3-15(13)34-10/h2-5,8,10H,7,9H2,1H3,(H,28,33)/t10-/m0/s1. The monoisotopic (exact) mass is 444 g/mol. The molecule has 10 radical (unpaired) electrons. The molecule has 34 heavy (non-hydrogen) atoms. The highest BCUT2D eigenvalue weighted by Crippen LogP contribution is 2.36. The first-order valence-electron chi connectivity index (χ1n) is 10.2. The zero-order valence-electron chi connectivity index (χ0n) is 18.2. The molecular weight excluding hydrogens is 429 g/mol. The third kappa shape index (κ3) is 4.04. The molecule has 1 atom stereocenters. The van der Waals surface area contributed by atoms with Crippen molar-refractivity contribution in [3.8, 4) is 11.8 Å². The summed E-state index contributed by atoms with van der Waals surface area (Å²) in [6, 6.07) is 5.79. The van der Waals surface area contributed by atoms with Gasteiger partial charge in [0, 0.05) is 18.3 Å². The number of ether oxygens (including phenoxy) is 1. The molecule has 1 amide bonds. The van der Waals surface area contributed by atoms with Crippen molar-refractivity contribution in [2.24, 2.45) is 0 Å². The molecule has 0 aliphatic carbocycles. The van der Waals surface area contributed by atoms with E-state index < -0.39 is 28.3 Å². The maximum absolute atomic E-state index is 14.6. The lowest BCUT2D eigenvalue weighted by atomic mass is 9.26. The van der Waals surface area contributed by atoms with Crippen LogP contribution in [0.4, 0.5) is 10.2 Å². The summed E-state index contributed by atoms with van der Waals surface area (Å²) in [6.07, 6.45) is 2.31. The van der Waals surface area contributed by atoms with E-state index >= 15 is 0 Å². The van der Waals surface area contributed by atoms with Crippen LogP contribution in [0.25, 0.3) is 5.65 Å². The number of aromatic nitrogens is 3. The van der Waals surface area contributed by atoms with Crippen LogP contribution >= 0.6 is 0 Å². The number of amides is 1. The zero-order chi connectivity index (χ0) is 24.8. The van der Waals surface area contributed by atoms with Gasteiger partial charge < -0.3 is 15.0 Å². The summed E-state index contributed by atoms with van der Waals surface area (Å²) in [6.45, 7) is 1.49. The van der Waals surface area contributed by atoms with E-state index in [0.717, 1.165) is 6.07 Å². The van der Waals surface area contributed by atoms with E-state index in [4.69, 9.17) is 44.0 Å². The number of fused-ring (bicyclic) bond motifs is 2. The second-order valence-corrected chi connectivity index (χ2v) is 8.11. The largest absolute Gasteiger partial charge is 0.488 e. The van der Waals surface area contributed by atoms with Crippen molar-refractivity contribution in [3.63, 3.8) is 0 Å². The molecule has 1 N–H and O–H groups in total. The summed E-state index contributed by atoms with van der Waals surface area (Å²) in [5.74, 6) is -0.976. The van der Waals surface area contributed by atoms with Crippen LogP contribution in [0.1, 0.15) is 28.4 Å². The number of nitrogens with zero attached hydrogens (tertiary/aromatic N) is 5. The van der Waals surface area contributed by atoms with Crippen LogP contribution in [-0.4, -0.2) is 77.7 Å². The van der Waals surface area contributed by atoms with Gasteiger partial charge in [0.15, 0.2) is 5.65 Å². The molecule has 2 aromatic heterocycles. The van der Waals surface area contributed by atoms with Gasteiger partial charge in [-0.25, -0.2) is 13.9 Å². The van der Waals surface area contributed by atoms with E-state index in [1.165, 1.54) is 33.9 Å². The Labute approximate surface area is 202 Å². The fourth-order valence-electron chi connectivity index (χ4n) is 3.54. The number of anilines is 1. The minimum Gasteiger partial charge on any atom is -0.488 e. The first-order chi connectivity index (χ1) is 15.9. The van der Waals surface area contributed by atoms with Crippen LogP contribution in [-0.2, 0) is 6.54 Å². The van der Waals surface area contributed by atoms with Crippen molar-refractivity contribution in [2.75, 3.05) is 11.4 Å². The summed E-state index contributed by atoms with van der Waals surface area (Å²) in [5, 5.41) is 12.2. The molecule has 8 nitrogen and oxygen atoms in total. The lowest BCUT2D eigenvalue weighted by Gasteiger charge is -2.51. The Bertz CT molecular complexity index is 1320. The number of rotatable bonds is 2. The van der Waals surface area contributed by atoms with Crippen molar-refractivity contribution in [1.29, 1.82) is 5.26 Å². The van der Waals surface area contributed by atoms with Crippen molar-refractivity contribution in [1.82, 2.24) is 19.9 Å². The predicted molar refractivity (Wildman–Crippen MR) is 127 cm³/mol. The van der Waals surface area contributed by atoms with Gasteiger partial charge in [0.05, 0.1) is 57.5 Å². The molecule has 158 valence electrons. The number of hydrogen-bond donors (Lipinski definition) is 1. The van der Waals surface area contributed by atoms with Crippen LogP contribution in [0.3, 0.4) is 0 Å². The molecule has 0 saturated heterocycles. The summed E-state index contributed by atoms with van der Waals surface area (Å²) in [4.78, 5) is 18.5. The highest BCUT2D eigenvalue weighted by atomic mass is 19.1. The summed E-state index contributed by atoms with van der Waals surface area (Å²) in [5.41, 5.74) is 0.168. The number of nitriles is 1. The molecule has 1 aliphatic rings. The maximum atomic E-state index is 14.6. The predicted octanol–water partition coefficient (Wildman–Crippen LogP) is -0.173. The van der Waals surface area contributed by atoms with Gasteiger partial charge in [-0.1, -0.05) is 5.34 Å². The number of hydrogen-bond acceptors (Lipinski definition) is 6. The lowest BCUT2D eigenvalue weighted by molar-refractivity contribution is 0.0933. The fourth-order valence-corrected chi connectivity index (χ4v) is 3.54.